The highest BCUT2D eigenvalue weighted by Crippen LogP contribution is 2.53. The second-order valence-corrected chi connectivity index (χ2v) is 10.7. The molecular formula is C26H38O9. The molecule has 1 aliphatic heterocycles. The number of ketones is 1. The Morgan fingerprint density at radius 1 is 0.971 bits per heavy atom. The van der Waals surface area contributed by atoms with Gasteiger partial charge in [-0.1, -0.05) is 12.5 Å². The topological polar surface area (TPSA) is 114 Å². The van der Waals surface area contributed by atoms with E-state index in [-0.39, 0.29) is 23.7 Å². The van der Waals surface area contributed by atoms with Crippen LogP contribution in [0.4, 0.5) is 0 Å². The largest absolute Gasteiger partial charge is 0.456 e. The zero-order valence-corrected chi connectivity index (χ0v) is 21.8. The number of rotatable bonds is 6. The molecule has 9 heteroatoms. The lowest BCUT2D eigenvalue weighted by Gasteiger charge is -2.49. The zero-order chi connectivity index (χ0) is 26.1. The van der Waals surface area contributed by atoms with E-state index < -0.39 is 48.1 Å². The van der Waals surface area contributed by atoms with Crippen molar-refractivity contribution < 1.29 is 42.9 Å². The predicted molar refractivity (Wildman–Crippen MR) is 124 cm³/mol. The summed E-state index contributed by atoms with van der Waals surface area (Å²) >= 11 is 0. The van der Waals surface area contributed by atoms with Gasteiger partial charge in [0.2, 0.25) is 0 Å². The first-order valence-electron chi connectivity index (χ1n) is 12.3. The molecule has 0 amide bonds. The Hall–Kier alpha value is -2.26. The van der Waals surface area contributed by atoms with E-state index in [9.17, 15) is 19.2 Å². The van der Waals surface area contributed by atoms with Gasteiger partial charge in [-0.3, -0.25) is 19.2 Å². The van der Waals surface area contributed by atoms with E-state index in [1.165, 1.54) is 26.3 Å². The Bertz CT molecular complexity index is 904. The molecule has 0 N–H and O–H groups in total. The molecule has 2 aliphatic carbocycles. The zero-order valence-electron chi connectivity index (χ0n) is 21.8. The fourth-order valence-corrected chi connectivity index (χ4v) is 5.66. The third kappa shape index (κ3) is 6.12. The van der Waals surface area contributed by atoms with Crippen molar-refractivity contribution in [1.82, 2.24) is 0 Å². The lowest BCUT2D eigenvalue weighted by Crippen LogP contribution is -2.60. The molecule has 2 fully saturated rings. The molecule has 1 saturated carbocycles. The molecule has 0 aromatic rings. The van der Waals surface area contributed by atoms with Crippen LogP contribution in [0.15, 0.2) is 11.1 Å². The van der Waals surface area contributed by atoms with Crippen molar-refractivity contribution in [3.63, 3.8) is 0 Å². The van der Waals surface area contributed by atoms with Gasteiger partial charge in [0.05, 0.1) is 12.2 Å². The van der Waals surface area contributed by atoms with Crippen LogP contribution in [0.5, 0.6) is 0 Å². The molecule has 9 nitrogen and oxygen atoms in total. The molecule has 0 aromatic carbocycles. The van der Waals surface area contributed by atoms with Crippen LogP contribution >= 0.6 is 0 Å². The highest BCUT2D eigenvalue weighted by molar-refractivity contribution is 5.96. The van der Waals surface area contributed by atoms with Crippen molar-refractivity contribution in [1.29, 1.82) is 0 Å². The first-order chi connectivity index (χ1) is 16.2. The molecule has 0 aromatic heterocycles. The summed E-state index contributed by atoms with van der Waals surface area (Å²) in [6.45, 7) is 11.7. The van der Waals surface area contributed by atoms with Crippen LogP contribution in [0.2, 0.25) is 0 Å². The number of ether oxygens (including phenoxy) is 5. The summed E-state index contributed by atoms with van der Waals surface area (Å²) in [6.07, 6.45) is -0.134. The third-order valence-electron chi connectivity index (χ3n) is 7.71. The molecule has 1 saturated heterocycles. The Kier molecular flexibility index (Phi) is 8.11. The van der Waals surface area contributed by atoms with Gasteiger partial charge in [0.15, 0.2) is 30.4 Å². The molecule has 6 atom stereocenters. The molecular weight excluding hydrogens is 456 g/mol. The molecule has 3 rings (SSSR count). The number of carbonyl (C=O) groups is 4. The Labute approximate surface area is 206 Å². The number of hydrogen-bond donors (Lipinski definition) is 0. The van der Waals surface area contributed by atoms with E-state index in [2.05, 4.69) is 6.92 Å². The van der Waals surface area contributed by atoms with E-state index >= 15 is 0 Å². The van der Waals surface area contributed by atoms with Crippen molar-refractivity contribution in [3.05, 3.63) is 11.1 Å². The quantitative estimate of drug-likeness (QED) is 0.405. The normalized spacial score (nSPS) is 33.6. The van der Waals surface area contributed by atoms with Crippen molar-refractivity contribution in [2.24, 2.45) is 11.3 Å². The SMILES string of the molecule is CC(=O)O[C@@H]1[C@@H](OC(C)=O)[C@H](OC(C)(C)[C@@H]2CC[C@@]3(C)CCC(=O)C(C)=C3C2)OC[C@H]1OC(C)=O. The predicted octanol–water partition coefficient (Wildman–Crippen LogP) is 3.42. The molecule has 0 spiro atoms. The summed E-state index contributed by atoms with van der Waals surface area (Å²) in [6, 6.07) is 0. The van der Waals surface area contributed by atoms with Gasteiger partial charge in [-0.05, 0) is 63.4 Å². The highest BCUT2D eigenvalue weighted by Gasteiger charge is 2.51. The maximum absolute atomic E-state index is 12.4. The van der Waals surface area contributed by atoms with Crippen molar-refractivity contribution in [3.8, 4) is 0 Å². The smallest absolute Gasteiger partial charge is 0.303 e. The van der Waals surface area contributed by atoms with Crippen LogP contribution in [-0.2, 0) is 42.9 Å². The number of Topliss-reactive ketones (excluding diaryl/α,β-unsaturated/α-hetero) is 1. The second kappa shape index (κ2) is 10.4. The van der Waals surface area contributed by atoms with Gasteiger partial charge >= 0.3 is 17.9 Å². The number of esters is 3. The van der Waals surface area contributed by atoms with Crippen LogP contribution in [0, 0.1) is 11.3 Å². The molecule has 0 radical (unpaired) electrons. The average molecular weight is 495 g/mol. The molecule has 35 heavy (non-hydrogen) atoms. The molecule has 0 bridgehead atoms. The minimum absolute atomic E-state index is 0.0316. The second-order valence-electron chi connectivity index (χ2n) is 10.7. The van der Waals surface area contributed by atoms with Crippen molar-refractivity contribution in [2.45, 2.75) is 111 Å². The van der Waals surface area contributed by atoms with Gasteiger partial charge in [0.25, 0.3) is 0 Å². The van der Waals surface area contributed by atoms with Crippen LogP contribution in [-0.4, -0.2) is 60.5 Å². The maximum Gasteiger partial charge on any atom is 0.303 e. The Morgan fingerprint density at radius 2 is 1.57 bits per heavy atom. The van der Waals surface area contributed by atoms with E-state index in [0.29, 0.717) is 6.42 Å². The van der Waals surface area contributed by atoms with E-state index in [0.717, 1.165) is 31.3 Å². The van der Waals surface area contributed by atoms with Gasteiger partial charge in [-0.2, -0.15) is 0 Å². The summed E-state index contributed by atoms with van der Waals surface area (Å²) in [5, 5.41) is 0. The van der Waals surface area contributed by atoms with Gasteiger partial charge < -0.3 is 23.7 Å². The number of allylic oxidation sites excluding steroid dienone is 2. The summed E-state index contributed by atoms with van der Waals surface area (Å²) in [7, 11) is 0. The first-order valence-corrected chi connectivity index (χ1v) is 12.3. The summed E-state index contributed by atoms with van der Waals surface area (Å²) < 4.78 is 28.5. The molecule has 3 aliphatic rings. The number of fused-ring (bicyclic) bond motifs is 1. The van der Waals surface area contributed by atoms with Crippen LogP contribution < -0.4 is 0 Å². The minimum atomic E-state index is -1.13. The first kappa shape index (κ1) is 27.3. The van der Waals surface area contributed by atoms with Crippen LogP contribution in [0.25, 0.3) is 0 Å². The average Bonchev–Trinajstić information content (AvgIpc) is 2.74. The summed E-state index contributed by atoms with van der Waals surface area (Å²) in [5.41, 5.74) is 1.39. The summed E-state index contributed by atoms with van der Waals surface area (Å²) in [5.74, 6) is -1.50. The number of carbonyl (C=O) groups excluding carboxylic acids is 4. The Balaban J connectivity index is 1.84. The van der Waals surface area contributed by atoms with Gasteiger partial charge in [0, 0.05) is 27.2 Å². The molecule has 0 unspecified atom stereocenters. The van der Waals surface area contributed by atoms with E-state index in [1.807, 2.05) is 20.8 Å². The fraction of sp³-hybridized carbons (Fsp3) is 0.769. The molecule has 1 heterocycles. The maximum atomic E-state index is 12.4. The molecule has 196 valence electrons. The minimum Gasteiger partial charge on any atom is -0.456 e. The van der Waals surface area contributed by atoms with Gasteiger partial charge in [0.1, 0.15) is 0 Å². The fourth-order valence-electron chi connectivity index (χ4n) is 5.66. The van der Waals surface area contributed by atoms with E-state index in [1.54, 1.807) is 0 Å². The Morgan fingerprint density at radius 3 is 2.17 bits per heavy atom. The van der Waals surface area contributed by atoms with Crippen LogP contribution in [0.3, 0.4) is 0 Å². The third-order valence-corrected chi connectivity index (χ3v) is 7.71. The van der Waals surface area contributed by atoms with Crippen molar-refractivity contribution in [2.75, 3.05) is 6.61 Å². The lowest BCUT2D eigenvalue weighted by molar-refractivity contribution is -0.309. The lowest BCUT2D eigenvalue weighted by atomic mass is 9.59. The van der Waals surface area contributed by atoms with Gasteiger partial charge in [-0.15, -0.1) is 0 Å². The number of hydrogen-bond acceptors (Lipinski definition) is 9. The van der Waals surface area contributed by atoms with E-state index in [4.69, 9.17) is 23.7 Å². The highest BCUT2D eigenvalue weighted by atomic mass is 16.7. The monoisotopic (exact) mass is 494 g/mol. The van der Waals surface area contributed by atoms with Gasteiger partial charge in [-0.25, -0.2) is 0 Å². The van der Waals surface area contributed by atoms with Crippen LogP contribution in [0.1, 0.15) is 80.6 Å². The summed E-state index contributed by atoms with van der Waals surface area (Å²) in [4.78, 5) is 47.7. The standard InChI is InChI=1S/C26H38O9/c1-14-19-12-18(8-10-26(19,7)11-9-20(14)30)25(5,6)35-24-23(34-17(4)29)22(33-16(3)28)21(13-31-24)32-15(2)27/h18,21-24H,8-13H2,1-7H3/t18-,21-,22+,23-,24+,26+/m1/s1. The van der Waals surface area contributed by atoms with Crippen molar-refractivity contribution >= 4 is 23.7 Å².